The maximum atomic E-state index is 12.7. The van der Waals surface area contributed by atoms with Crippen molar-refractivity contribution in [3.8, 4) is 0 Å². The van der Waals surface area contributed by atoms with Crippen LogP contribution < -0.4 is 5.73 Å². The molecule has 2 aromatic rings. The van der Waals surface area contributed by atoms with Gasteiger partial charge in [0.1, 0.15) is 5.58 Å². The lowest BCUT2D eigenvalue weighted by Crippen LogP contribution is -2.49. The van der Waals surface area contributed by atoms with Gasteiger partial charge in [-0.3, -0.25) is 9.59 Å². The molecule has 0 saturated carbocycles. The van der Waals surface area contributed by atoms with Crippen LogP contribution in [0.3, 0.4) is 0 Å². The number of carbonyl (C=O) groups is 2. The fourth-order valence-electron chi connectivity index (χ4n) is 3.28. The molecule has 23 heavy (non-hydrogen) atoms. The van der Waals surface area contributed by atoms with Gasteiger partial charge in [0.25, 0.3) is 0 Å². The number of benzene rings is 1. The number of aryl methyl sites for hydroxylation is 1. The molecule has 0 unspecified atom stereocenters. The topological polar surface area (TPSA) is 76.5 Å². The summed E-state index contributed by atoms with van der Waals surface area (Å²) in [6, 6.07) is 6.11. The molecule has 3 rings (SSSR count). The molecule has 1 aromatic heterocycles. The van der Waals surface area contributed by atoms with Crippen LogP contribution in [-0.2, 0) is 16.0 Å². The molecule has 122 valence electrons. The van der Waals surface area contributed by atoms with Crippen LogP contribution in [-0.4, -0.2) is 29.3 Å². The number of fused-ring (bicyclic) bond motifs is 1. The number of nitrogens with zero attached hydrogens (tertiary/aromatic N) is 1. The number of hydrogen-bond acceptors (Lipinski definition) is 3. The van der Waals surface area contributed by atoms with Crippen LogP contribution in [0.2, 0.25) is 0 Å². The summed E-state index contributed by atoms with van der Waals surface area (Å²) in [6.45, 7) is 4.45. The molecule has 1 aliphatic heterocycles. The smallest absolute Gasteiger partial charge is 0.227 e. The first-order valence-corrected chi connectivity index (χ1v) is 8.01. The maximum Gasteiger partial charge on any atom is 0.227 e. The first-order chi connectivity index (χ1) is 11.0. The molecular formula is C18H22N2O3. The van der Waals surface area contributed by atoms with E-state index in [9.17, 15) is 9.59 Å². The van der Waals surface area contributed by atoms with Gasteiger partial charge in [-0.1, -0.05) is 12.1 Å². The molecular weight excluding hydrogens is 292 g/mol. The third kappa shape index (κ3) is 3.09. The van der Waals surface area contributed by atoms with Crippen molar-refractivity contribution in [3.63, 3.8) is 0 Å². The molecule has 5 nitrogen and oxygen atoms in total. The Bertz CT molecular complexity index is 750. The Morgan fingerprint density at radius 1 is 1.35 bits per heavy atom. The van der Waals surface area contributed by atoms with Gasteiger partial charge < -0.3 is 15.1 Å². The highest BCUT2D eigenvalue weighted by Gasteiger charge is 2.31. The van der Waals surface area contributed by atoms with Gasteiger partial charge in [-0.2, -0.15) is 0 Å². The van der Waals surface area contributed by atoms with E-state index in [1.54, 1.807) is 11.2 Å². The van der Waals surface area contributed by atoms with Crippen LogP contribution in [0.15, 0.2) is 28.9 Å². The molecule has 2 atom stereocenters. The van der Waals surface area contributed by atoms with Crippen molar-refractivity contribution in [2.45, 2.75) is 39.2 Å². The summed E-state index contributed by atoms with van der Waals surface area (Å²) in [5.41, 5.74) is 8.22. The van der Waals surface area contributed by atoms with Gasteiger partial charge in [-0.25, -0.2) is 0 Å². The summed E-state index contributed by atoms with van der Waals surface area (Å²) in [4.78, 5) is 25.9. The SMILES string of the molecule is Cc1ccc2c(CC(=O)N3C[C@@H](C(N)=O)CC[C@H]3C)coc2c1. The van der Waals surface area contributed by atoms with Gasteiger partial charge in [0.2, 0.25) is 11.8 Å². The highest BCUT2D eigenvalue weighted by Crippen LogP contribution is 2.26. The Hall–Kier alpha value is -2.30. The van der Waals surface area contributed by atoms with Crippen molar-refractivity contribution in [2.75, 3.05) is 6.54 Å². The summed E-state index contributed by atoms with van der Waals surface area (Å²) in [7, 11) is 0. The average molecular weight is 314 g/mol. The molecule has 0 radical (unpaired) electrons. The van der Waals surface area contributed by atoms with Gasteiger partial charge in [0.05, 0.1) is 18.6 Å². The lowest BCUT2D eigenvalue weighted by molar-refractivity contribution is -0.136. The van der Waals surface area contributed by atoms with E-state index in [1.807, 2.05) is 32.0 Å². The zero-order valence-electron chi connectivity index (χ0n) is 13.5. The normalized spacial score (nSPS) is 21.6. The van der Waals surface area contributed by atoms with E-state index >= 15 is 0 Å². The first-order valence-electron chi connectivity index (χ1n) is 8.01. The zero-order valence-corrected chi connectivity index (χ0v) is 13.5. The lowest BCUT2D eigenvalue weighted by Gasteiger charge is -2.37. The third-order valence-electron chi connectivity index (χ3n) is 4.76. The van der Waals surface area contributed by atoms with E-state index in [0.29, 0.717) is 6.54 Å². The highest BCUT2D eigenvalue weighted by molar-refractivity contribution is 5.88. The molecule has 0 spiro atoms. The number of rotatable bonds is 3. The standard InChI is InChI=1S/C18H22N2O3/c1-11-3-6-15-14(10-23-16(15)7-11)8-17(21)20-9-13(18(19)22)5-4-12(20)2/h3,6-7,10,12-13H,4-5,8-9H2,1-2H3,(H2,19,22)/t12-,13+/m1/s1. The maximum absolute atomic E-state index is 12.7. The van der Waals surface area contributed by atoms with Crippen LogP contribution in [0.25, 0.3) is 11.0 Å². The van der Waals surface area contributed by atoms with E-state index < -0.39 is 0 Å². The summed E-state index contributed by atoms with van der Waals surface area (Å²) in [6.07, 6.45) is 3.51. The Balaban J connectivity index is 1.78. The van der Waals surface area contributed by atoms with Crippen LogP contribution >= 0.6 is 0 Å². The largest absolute Gasteiger partial charge is 0.464 e. The molecule has 1 saturated heterocycles. The molecule has 2 N–H and O–H groups in total. The van der Waals surface area contributed by atoms with Crippen molar-refractivity contribution in [1.82, 2.24) is 4.90 Å². The van der Waals surface area contributed by atoms with E-state index in [1.165, 1.54) is 0 Å². The number of nitrogens with two attached hydrogens (primary N) is 1. The Morgan fingerprint density at radius 3 is 2.87 bits per heavy atom. The highest BCUT2D eigenvalue weighted by atomic mass is 16.3. The molecule has 0 aliphatic carbocycles. The predicted molar refractivity (Wildman–Crippen MR) is 87.7 cm³/mol. The van der Waals surface area contributed by atoms with Crippen molar-refractivity contribution < 1.29 is 14.0 Å². The van der Waals surface area contributed by atoms with Crippen LogP contribution in [0.5, 0.6) is 0 Å². The van der Waals surface area contributed by atoms with Crippen molar-refractivity contribution in [2.24, 2.45) is 11.7 Å². The van der Waals surface area contributed by atoms with E-state index in [2.05, 4.69) is 0 Å². The Morgan fingerprint density at radius 2 is 2.13 bits per heavy atom. The molecule has 2 amide bonds. The van der Waals surface area contributed by atoms with Crippen molar-refractivity contribution in [1.29, 1.82) is 0 Å². The number of likely N-dealkylation sites (tertiary alicyclic amines) is 1. The number of primary amides is 1. The Labute approximate surface area is 135 Å². The van der Waals surface area contributed by atoms with Crippen LogP contribution in [0, 0.1) is 12.8 Å². The monoisotopic (exact) mass is 314 g/mol. The van der Waals surface area contributed by atoms with Crippen molar-refractivity contribution >= 4 is 22.8 Å². The molecule has 5 heteroatoms. The Kier molecular flexibility index (Phi) is 4.11. The number of furan rings is 1. The summed E-state index contributed by atoms with van der Waals surface area (Å²) < 4.78 is 5.56. The number of hydrogen-bond donors (Lipinski definition) is 1. The first kappa shape index (κ1) is 15.6. The van der Waals surface area contributed by atoms with Gasteiger partial charge in [0.15, 0.2) is 0 Å². The molecule has 2 heterocycles. The fourth-order valence-corrected chi connectivity index (χ4v) is 3.28. The minimum absolute atomic E-state index is 0.0201. The van der Waals surface area contributed by atoms with Gasteiger partial charge in [-0.05, 0) is 38.3 Å². The number of amides is 2. The van der Waals surface area contributed by atoms with E-state index in [-0.39, 0.29) is 30.2 Å². The minimum Gasteiger partial charge on any atom is -0.464 e. The second kappa shape index (κ2) is 6.07. The number of piperidine rings is 1. The zero-order chi connectivity index (χ0) is 16.6. The van der Waals surface area contributed by atoms with Gasteiger partial charge in [-0.15, -0.1) is 0 Å². The summed E-state index contributed by atoms with van der Waals surface area (Å²) >= 11 is 0. The van der Waals surface area contributed by atoms with Crippen molar-refractivity contribution in [3.05, 3.63) is 35.6 Å². The van der Waals surface area contributed by atoms with Gasteiger partial charge in [0, 0.05) is 23.5 Å². The molecule has 1 aliphatic rings. The van der Waals surface area contributed by atoms with E-state index in [4.69, 9.17) is 10.2 Å². The lowest BCUT2D eigenvalue weighted by atomic mass is 9.92. The molecule has 1 fully saturated rings. The number of carbonyl (C=O) groups excluding carboxylic acids is 2. The second-order valence-electron chi connectivity index (χ2n) is 6.51. The van der Waals surface area contributed by atoms with E-state index in [0.717, 1.165) is 34.9 Å². The average Bonchev–Trinajstić information content (AvgIpc) is 2.89. The fraction of sp³-hybridized carbons (Fsp3) is 0.444. The quantitative estimate of drug-likeness (QED) is 0.945. The molecule has 0 bridgehead atoms. The predicted octanol–water partition coefficient (Wildman–Crippen LogP) is 2.40. The van der Waals surface area contributed by atoms with Crippen LogP contribution in [0.1, 0.15) is 30.9 Å². The second-order valence-corrected chi connectivity index (χ2v) is 6.51. The van der Waals surface area contributed by atoms with Gasteiger partial charge >= 0.3 is 0 Å². The molecule has 1 aromatic carbocycles. The van der Waals surface area contributed by atoms with Crippen LogP contribution in [0.4, 0.5) is 0 Å². The minimum atomic E-state index is -0.320. The summed E-state index contributed by atoms with van der Waals surface area (Å²) in [5.74, 6) is -0.537. The third-order valence-corrected chi connectivity index (χ3v) is 4.76. The summed E-state index contributed by atoms with van der Waals surface area (Å²) in [5, 5.41) is 0.972.